The zero-order valence-corrected chi connectivity index (χ0v) is 15.9. The molecule has 0 radical (unpaired) electrons. The molecule has 0 saturated carbocycles. The van der Waals surface area contributed by atoms with Gasteiger partial charge >= 0.3 is 0 Å². The molecule has 4 nitrogen and oxygen atoms in total. The van der Waals surface area contributed by atoms with Crippen molar-refractivity contribution in [3.8, 4) is 5.75 Å². The lowest BCUT2D eigenvalue weighted by atomic mass is 9.99. The predicted octanol–water partition coefficient (Wildman–Crippen LogP) is 4.82. The number of amides is 1. The highest BCUT2D eigenvalue weighted by molar-refractivity contribution is 6.35. The average Bonchev–Trinajstić information content (AvgIpc) is 3.13. The molecule has 0 aliphatic carbocycles. The number of nitrogens with one attached hydrogen (secondary N) is 1. The van der Waals surface area contributed by atoms with E-state index in [1.54, 1.807) is 0 Å². The van der Waals surface area contributed by atoms with E-state index >= 15 is 0 Å². The Labute approximate surface area is 163 Å². The summed E-state index contributed by atoms with van der Waals surface area (Å²) in [5, 5.41) is 1.84. The van der Waals surface area contributed by atoms with E-state index in [1.165, 1.54) is 11.1 Å². The van der Waals surface area contributed by atoms with Gasteiger partial charge in [-0.15, -0.1) is 0 Å². The lowest BCUT2D eigenvalue weighted by molar-refractivity contribution is -0.132. The number of carbonyl (C=O) groups is 1. The molecule has 0 unspecified atom stereocenters. The molecule has 2 aromatic carbocycles. The average molecular weight is 381 g/mol. The first-order valence-electron chi connectivity index (χ1n) is 9.04. The summed E-state index contributed by atoms with van der Waals surface area (Å²) >= 11 is 6.25. The van der Waals surface area contributed by atoms with Crippen molar-refractivity contribution in [1.29, 1.82) is 0 Å². The lowest BCUT2D eigenvalue weighted by Crippen LogP contribution is -2.37. The number of benzene rings is 2. The summed E-state index contributed by atoms with van der Waals surface area (Å²) < 4.78 is 5.61. The highest BCUT2D eigenvalue weighted by Crippen LogP contribution is 2.32. The van der Waals surface area contributed by atoms with Crippen molar-refractivity contribution < 1.29 is 9.53 Å². The molecular formula is C22H21ClN2O2. The summed E-state index contributed by atoms with van der Waals surface area (Å²) in [4.78, 5) is 17.5. The van der Waals surface area contributed by atoms with Crippen molar-refractivity contribution in [1.82, 2.24) is 9.88 Å². The molecule has 0 spiro atoms. The molecule has 0 bridgehead atoms. The molecular weight excluding hydrogens is 360 g/mol. The minimum absolute atomic E-state index is 0.00726. The molecule has 3 aromatic rings. The maximum atomic E-state index is 12.4. The summed E-state index contributed by atoms with van der Waals surface area (Å²) in [5.41, 5.74) is 4.53. The van der Waals surface area contributed by atoms with Gasteiger partial charge in [-0.2, -0.15) is 0 Å². The fourth-order valence-electron chi connectivity index (χ4n) is 3.39. The van der Waals surface area contributed by atoms with E-state index in [1.807, 2.05) is 54.4 Å². The Bertz CT molecular complexity index is 1000. The number of H-pyrrole nitrogens is 1. The number of aromatic nitrogens is 1. The Morgan fingerprint density at radius 1 is 1.22 bits per heavy atom. The summed E-state index contributed by atoms with van der Waals surface area (Å²) in [6.45, 7) is 3.37. The van der Waals surface area contributed by atoms with Gasteiger partial charge in [-0.3, -0.25) is 4.79 Å². The number of fused-ring (bicyclic) bond motifs is 1. The van der Waals surface area contributed by atoms with E-state index in [0.717, 1.165) is 33.7 Å². The van der Waals surface area contributed by atoms with Gasteiger partial charge in [0, 0.05) is 30.2 Å². The Morgan fingerprint density at radius 3 is 2.78 bits per heavy atom. The Balaban J connectivity index is 1.41. The third-order valence-corrected chi connectivity index (χ3v) is 5.27. The van der Waals surface area contributed by atoms with Crippen LogP contribution >= 0.6 is 11.6 Å². The Hall–Kier alpha value is -2.72. The molecule has 1 aromatic heterocycles. The standard InChI is InChI=1S/C22H21ClN2O2/c1-15-5-7-17(8-6-15)27-14-21(26)25-11-9-16(10-12-25)19-13-24-22-18(19)3-2-4-20(22)23/h2-9,13,24H,10-12,14H2,1H3. The van der Waals surface area contributed by atoms with Crippen LogP contribution in [0.25, 0.3) is 16.5 Å². The zero-order valence-electron chi connectivity index (χ0n) is 15.2. The summed E-state index contributed by atoms with van der Waals surface area (Å²) in [7, 11) is 0. The number of hydrogen-bond acceptors (Lipinski definition) is 2. The second-order valence-corrected chi connectivity index (χ2v) is 7.19. The van der Waals surface area contributed by atoms with Crippen molar-refractivity contribution in [2.45, 2.75) is 13.3 Å². The van der Waals surface area contributed by atoms with E-state index in [0.29, 0.717) is 13.1 Å². The molecule has 0 atom stereocenters. The van der Waals surface area contributed by atoms with Gasteiger partial charge < -0.3 is 14.6 Å². The van der Waals surface area contributed by atoms with Crippen LogP contribution in [0.15, 0.2) is 54.7 Å². The van der Waals surface area contributed by atoms with Crippen molar-refractivity contribution in [3.05, 3.63) is 70.9 Å². The summed E-state index contributed by atoms with van der Waals surface area (Å²) in [6, 6.07) is 13.6. The van der Waals surface area contributed by atoms with Crippen LogP contribution in [0.2, 0.25) is 5.02 Å². The minimum atomic E-state index is 0.00726. The van der Waals surface area contributed by atoms with Crippen LogP contribution in [0.5, 0.6) is 5.75 Å². The predicted molar refractivity (Wildman–Crippen MR) is 109 cm³/mol. The van der Waals surface area contributed by atoms with Gasteiger partial charge in [-0.1, -0.05) is 47.5 Å². The van der Waals surface area contributed by atoms with Crippen LogP contribution in [0, 0.1) is 6.92 Å². The van der Waals surface area contributed by atoms with E-state index in [9.17, 15) is 4.79 Å². The molecule has 0 fully saturated rings. The molecule has 1 aliphatic rings. The molecule has 27 heavy (non-hydrogen) atoms. The second kappa shape index (κ2) is 7.49. The molecule has 1 N–H and O–H groups in total. The van der Waals surface area contributed by atoms with Crippen molar-refractivity contribution >= 4 is 34.0 Å². The number of carbonyl (C=O) groups excluding carboxylic acids is 1. The van der Waals surface area contributed by atoms with Gasteiger partial charge in [0.15, 0.2) is 6.61 Å². The number of rotatable bonds is 4. The number of para-hydroxylation sites is 1. The van der Waals surface area contributed by atoms with Gasteiger partial charge in [0.05, 0.1) is 10.5 Å². The number of nitrogens with zero attached hydrogens (tertiary/aromatic N) is 1. The summed E-state index contributed by atoms with van der Waals surface area (Å²) in [5.74, 6) is 0.728. The highest BCUT2D eigenvalue weighted by Gasteiger charge is 2.20. The van der Waals surface area contributed by atoms with E-state index in [4.69, 9.17) is 16.3 Å². The molecule has 138 valence electrons. The molecule has 4 rings (SSSR count). The lowest BCUT2D eigenvalue weighted by Gasteiger charge is -2.26. The smallest absolute Gasteiger partial charge is 0.260 e. The normalized spacial score (nSPS) is 14.3. The first-order valence-corrected chi connectivity index (χ1v) is 9.42. The SMILES string of the molecule is Cc1ccc(OCC(=O)N2CC=C(c3c[nH]c4c(Cl)cccc34)CC2)cc1. The first-order chi connectivity index (χ1) is 13.1. The van der Waals surface area contributed by atoms with E-state index in [-0.39, 0.29) is 12.5 Å². The third-order valence-electron chi connectivity index (χ3n) is 4.96. The fourth-order valence-corrected chi connectivity index (χ4v) is 3.62. The minimum Gasteiger partial charge on any atom is -0.484 e. The van der Waals surface area contributed by atoms with Crippen molar-refractivity contribution in [2.24, 2.45) is 0 Å². The largest absolute Gasteiger partial charge is 0.484 e. The topological polar surface area (TPSA) is 45.3 Å². The zero-order chi connectivity index (χ0) is 18.8. The number of aromatic amines is 1. The number of aryl methyl sites for hydroxylation is 1. The van der Waals surface area contributed by atoms with Crippen LogP contribution in [0.3, 0.4) is 0 Å². The molecule has 2 heterocycles. The van der Waals surface area contributed by atoms with Crippen LogP contribution in [-0.2, 0) is 4.79 Å². The summed E-state index contributed by atoms with van der Waals surface area (Å²) in [6.07, 6.45) is 4.94. The van der Waals surface area contributed by atoms with Crippen molar-refractivity contribution in [3.63, 3.8) is 0 Å². The first kappa shape index (κ1) is 17.7. The third kappa shape index (κ3) is 3.71. The highest BCUT2D eigenvalue weighted by atomic mass is 35.5. The second-order valence-electron chi connectivity index (χ2n) is 6.79. The van der Waals surface area contributed by atoms with Gasteiger partial charge in [0.2, 0.25) is 0 Å². The number of halogens is 1. The van der Waals surface area contributed by atoms with Crippen molar-refractivity contribution in [2.75, 3.05) is 19.7 Å². The van der Waals surface area contributed by atoms with E-state index in [2.05, 4.69) is 17.1 Å². The van der Waals surface area contributed by atoms with Gasteiger partial charge in [-0.25, -0.2) is 0 Å². The molecule has 5 heteroatoms. The Morgan fingerprint density at radius 2 is 2.04 bits per heavy atom. The van der Waals surface area contributed by atoms with Gasteiger partial charge in [0.25, 0.3) is 5.91 Å². The van der Waals surface area contributed by atoms with Crippen LogP contribution in [-0.4, -0.2) is 35.5 Å². The number of ether oxygens (including phenoxy) is 1. The van der Waals surface area contributed by atoms with Gasteiger partial charge in [0.1, 0.15) is 5.75 Å². The van der Waals surface area contributed by atoms with Crippen LogP contribution in [0.1, 0.15) is 17.5 Å². The van der Waals surface area contributed by atoms with E-state index < -0.39 is 0 Å². The fraction of sp³-hybridized carbons (Fsp3) is 0.227. The monoisotopic (exact) mass is 380 g/mol. The molecule has 1 aliphatic heterocycles. The molecule has 0 saturated heterocycles. The van der Waals surface area contributed by atoms with Crippen LogP contribution in [0.4, 0.5) is 0 Å². The van der Waals surface area contributed by atoms with Crippen LogP contribution < -0.4 is 4.74 Å². The maximum Gasteiger partial charge on any atom is 0.260 e. The maximum absolute atomic E-state index is 12.4. The quantitative estimate of drug-likeness (QED) is 0.705. The Kier molecular flexibility index (Phi) is 4.90. The molecule has 1 amide bonds. The van der Waals surface area contributed by atoms with Gasteiger partial charge in [-0.05, 0) is 37.1 Å². The number of hydrogen-bond donors (Lipinski definition) is 1.